The summed E-state index contributed by atoms with van der Waals surface area (Å²) in [6.45, 7) is 3.29. The minimum Gasteiger partial charge on any atom is -0.314 e. The molecule has 19 heavy (non-hydrogen) atoms. The predicted molar refractivity (Wildman–Crippen MR) is 82.4 cm³/mol. The first-order valence-corrected chi connectivity index (χ1v) is 6.69. The number of hydrogen-bond donors (Lipinski definition) is 1. The van der Waals surface area contributed by atoms with Gasteiger partial charge in [-0.25, -0.2) is 0 Å². The van der Waals surface area contributed by atoms with E-state index in [9.17, 15) is 4.79 Å². The van der Waals surface area contributed by atoms with E-state index in [1.165, 1.54) is 12.8 Å². The van der Waals surface area contributed by atoms with Gasteiger partial charge in [-0.15, -0.1) is 12.4 Å². The Morgan fingerprint density at radius 2 is 2.16 bits per heavy atom. The normalized spacial score (nSPS) is 13.8. The van der Waals surface area contributed by atoms with Crippen molar-refractivity contribution in [1.82, 2.24) is 5.32 Å². The van der Waals surface area contributed by atoms with Crippen LogP contribution in [0.2, 0.25) is 5.02 Å². The molecule has 0 aliphatic heterocycles. The minimum absolute atomic E-state index is 0. The summed E-state index contributed by atoms with van der Waals surface area (Å²) in [5.74, 6) is 0.854. The lowest BCUT2D eigenvalue weighted by Gasteiger charge is -2.18. The fraction of sp³-hybridized carbons (Fsp3) is 0.500. The summed E-state index contributed by atoms with van der Waals surface area (Å²) in [5.41, 5.74) is 1.86. The summed E-state index contributed by atoms with van der Waals surface area (Å²) in [4.78, 5) is 13.6. The van der Waals surface area contributed by atoms with E-state index in [1.807, 2.05) is 25.1 Å². The van der Waals surface area contributed by atoms with Crippen molar-refractivity contribution in [2.24, 2.45) is 5.92 Å². The zero-order valence-electron chi connectivity index (χ0n) is 11.3. The molecule has 5 heteroatoms. The van der Waals surface area contributed by atoms with Crippen molar-refractivity contribution in [2.75, 3.05) is 25.0 Å². The number of anilines is 1. The first-order valence-electron chi connectivity index (χ1n) is 6.31. The van der Waals surface area contributed by atoms with Gasteiger partial charge in [0.05, 0.1) is 6.54 Å². The first-order chi connectivity index (χ1) is 8.58. The van der Waals surface area contributed by atoms with Crippen molar-refractivity contribution in [3.05, 3.63) is 28.8 Å². The molecular weight excluding hydrogens is 283 g/mol. The number of halogens is 2. The second kappa shape index (κ2) is 7.13. The van der Waals surface area contributed by atoms with Crippen LogP contribution in [0.15, 0.2) is 18.2 Å². The van der Waals surface area contributed by atoms with Gasteiger partial charge in [0.2, 0.25) is 5.91 Å². The molecule has 0 saturated heterocycles. The Balaban J connectivity index is 0.00000180. The van der Waals surface area contributed by atoms with Crippen molar-refractivity contribution >= 4 is 35.6 Å². The summed E-state index contributed by atoms with van der Waals surface area (Å²) in [5, 5.41) is 3.89. The van der Waals surface area contributed by atoms with Crippen LogP contribution in [0.25, 0.3) is 0 Å². The molecule has 1 aliphatic carbocycles. The van der Waals surface area contributed by atoms with Gasteiger partial charge in [0, 0.05) is 17.8 Å². The molecule has 1 saturated carbocycles. The Kier molecular flexibility index (Phi) is 6.11. The van der Waals surface area contributed by atoms with Crippen LogP contribution in [0.4, 0.5) is 5.69 Å². The fourth-order valence-electron chi connectivity index (χ4n) is 1.76. The summed E-state index contributed by atoms with van der Waals surface area (Å²) in [6.07, 6.45) is 2.59. The van der Waals surface area contributed by atoms with Gasteiger partial charge in [-0.3, -0.25) is 4.79 Å². The van der Waals surface area contributed by atoms with Crippen LogP contribution in [0.1, 0.15) is 18.4 Å². The monoisotopic (exact) mass is 302 g/mol. The topological polar surface area (TPSA) is 32.3 Å². The molecule has 0 heterocycles. The predicted octanol–water partition coefficient (Wildman–Crippen LogP) is 3.03. The fourth-order valence-corrected chi connectivity index (χ4v) is 1.93. The average Bonchev–Trinajstić information content (AvgIpc) is 3.15. The van der Waals surface area contributed by atoms with Gasteiger partial charge < -0.3 is 10.2 Å². The molecule has 1 aromatic rings. The number of amides is 1. The van der Waals surface area contributed by atoms with E-state index in [0.717, 1.165) is 23.7 Å². The van der Waals surface area contributed by atoms with Crippen molar-refractivity contribution in [3.8, 4) is 0 Å². The lowest BCUT2D eigenvalue weighted by atomic mass is 10.2. The van der Waals surface area contributed by atoms with Gasteiger partial charge in [0.25, 0.3) is 0 Å². The third-order valence-electron chi connectivity index (χ3n) is 3.32. The number of aryl methyl sites for hydroxylation is 1. The Morgan fingerprint density at radius 3 is 2.74 bits per heavy atom. The third-order valence-corrected chi connectivity index (χ3v) is 3.73. The SMILES string of the molecule is Cc1ccc(N(C)C(=O)CNCC2CC2)cc1Cl.Cl. The highest BCUT2D eigenvalue weighted by Gasteiger charge is 2.21. The van der Waals surface area contributed by atoms with E-state index in [4.69, 9.17) is 11.6 Å². The summed E-state index contributed by atoms with van der Waals surface area (Å²) >= 11 is 6.06. The number of carbonyl (C=O) groups excluding carboxylic acids is 1. The molecular formula is C14H20Cl2N2O. The molecule has 2 rings (SSSR count). The Bertz CT molecular complexity index is 447. The third kappa shape index (κ3) is 4.68. The van der Waals surface area contributed by atoms with E-state index in [2.05, 4.69) is 5.32 Å². The van der Waals surface area contributed by atoms with Crippen LogP contribution in [-0.2, 0) is 4.79 Å². The number of rotatable bonds is 5. The summed E-state index contributed by atoms with van der Waals surface area (Å²) in [6, 6.07) is 5.68. The number of nitrogens with zero attached hydrogens (tertiary/aromatic N) is 1. The number of carbonyl (C=O) groups is 1. The van der Waals surface area contributed by atoms with E-state index in [1.54, 1.807) is 11.9 Å². The molecule has 0 spiro atoms. The van der Waals surface area contributed by atoms with E-state index < -0.39 is 0 Å². The highest BCUT2D eigenvalue weighted by atomic mass is 35.5. The van der Waals surface area contributed by atoms with Gasteiger partial charge in [-0.2, -0.15) is 0 Å². The first kappa shape index (κ1) is 16.3. The van der Waals surface area contributed by atoms with Gasteiger partial charge in [0.1, 0.15) is 0 Å². The molecule has 106 valence electrons. The van der Waals surface area contributed by atoms with Crippen LogP contribution >= 0.6 is 24.0 Å². The molecule has 3 nitrogen and oxygen atoms in total. The van der Waals surface area contributed by atoms with E-state index >= 15 is 0 Å². The smallest absolute Gasteiger partial charge is 0.240 e. The molecule has 1 N–H and O–H groups in total. The highest BCUT2D eigenvalue weighted by molar-refractivity contribution is 6.31. The molecule has 1 aliphatic rings. The molecule has 0 radical (unpaired) electrons. The summed E-state index contributed by atoms with van der Waals surface area (Å²) in [7, 11) is 1.78. The van der Waals surface area contributed by atoms with Gasteiger partial charge in [-0.1, -0.05) is 17.7 Å². The standard InChI is InChI=1S/C14H19ClN2O.ClH/c1-10-3-6-12(7-13(10)15)17(2)14(18)9-16-8-11-4-5-11;/h3,6-7,11,16H,4-5,8-9H2,1-2H3;1H. The molecule has 1 fully saturated rings. The van der Waals surface area contributed by atoms with E-state index in [-0.39, 0.29) is 18.3 Å². The van der Waals surface area contributed by atoms with Crippen molar-refractivity contribution in [3.63, 3.8) is 0 Å². The quantitative estimate of drug-likeness (QED) is 0.907. The molecule has 1 aromatic carbocycles. The maximum absolute atomic E-state index is 12.0. The van der Waals surface area contributed by atoms with Crippen LogP contribution in [0, 0.1) is 12.8 Å². The lowest BCUT2D eigenvalue weighted by molar-refractivity contribution is -0.117. The van der Waals surface area contributed by atoms with Gasteiger partial charge in [-0.05, 0) is 49.9 Å². The Hall–Kier alpha value is -0.770. The van der Waals surface area contributed by atoms with Crippen LogP contribution < -0.4 is 10.2 Å². The Morgan fingerprint density at radius 1 is 1.47 bits per heavy atom. The maximum Gasteiger partial charge on any atom is 0.240 e. The maximum atomic E-state index is 12.0. The average molecular weight is 303 g/mol. The van der Waals surface area contributed by atoms with Crippen LogP contribution in [-0.4, -0.2) is 26.0 Å². The highest BCUT2D eigenvalue weighted by Crippen LogP contribution is 2.27. The lowest BCUT2D eigenvalue weighted by Crippen LogP contribution is -2.36. The molecule has 1 amide bonds. The molecule has 0 atom stereocenters. The van der Waals surface area contributed by atoms with Gasteiger partial charge in [0.15, 0.2) is 0 Å². The summed E-state index contributed by atoms with van der Waals surface area (Å²) < 4.78 is 0. The molecule has 0 aromatic heterocycles. The van der Waals surface area contributed by atoms with Crippen molar-refractivity contribution in [1.29, 1.82) is 0 Å². The van der Waals surface area contributed by atoms with Crippen molar-refractivity contribution in [2.45, 2.75) is 19.8 Å². The zero-order valence-corrected chi connectivity index (χ0v) is 12.9. The second-order valence-electron chi connectivity index (χ2n) is 4.96. The van der Waals surface area contributed by atoms with E-state index in [0.29, 0.717) is 11.6 Å². The van der Waals surface area contributed by atoms with Crippen molar-refractivity contribution < 1.29 is 4.79 Å². The Labute approximate surface area is 125 Å². The molecule has 0 bridgehead atoms. The number of likely N-dealkylation sites (N-methyl/N-ethyl adjacent to an activating group) is 1. The van der Waals surface area contributed by atoms with Gasteiger partial charge >= 0.3 is 0 Å². The second-order valence-corrected chi connectivity index (χ2v) is 5.37. The number of nitrogens with one attached hydrogen (secondary N) is 1. The van der Waals surface area contributed by atoms with Crippen LogP contribution in [0.5, 0.6) is 0 Å². The minimum atomic E-state index is 0. The number of hydrogen-bond acceptors (Lipinski definition) is 2. The van der Waals surface area contributed by atoms with Crippen LogP contribution in [0.3, 0.4) is 0 Å². The molecule has 0 unspecified atom stereocenters. The largest absolute Gasteiger partial charge is 0.314 e. The number of benzene rings is 1. The zero-order chi connectivity index (χ0) is 13.1.